The topological polar surface area (TPSA) is 3.24 Å². The number of hydrogen-bond donors (Lipinski definition) is 0. The Balaban J connectivity index is 1.27. The van der Waals surface area contributed by atoms with Gasteiger partial charge in [-0.1, -0.05) is 97.1 Å². The van der Waals surface area contributed by atoms with E-state index in [9.17, 15) is 0 Å². The second kappa shape index (κ2) is 9.64. The summed E-state index contributed by atoms with van der Waals surface area (Å²) >= 11 is 3.73. The standard InChI is InChI=1S/C42H25NS2/c1-2-9-29-26(8-1)16-19-32-30-12-7-13-38(33(30)21-20-31(29)32)43(27-17-22-41-36(24-27)34-10-3-5-14-39(34)44-41)28-18-23-42-37(25-28)35-11-4-6-15-40(35)45-42/h1-25H. The van der Waals surface area contributed by atoms with E-state index in [0.717, 1.165) is 11.4 Å². The third-order valence-corrected chi connectivity index (χ3v) is 11.5. The number of benzene rings is 8. The van der Waals surface area contributed by atoms with Crippen LogP contribution in [0.3, 0.4) is 0 Å². The Morgan fingerprint density at radius 3 is 1.49 bits per heavy atom. The van der Waals surface area contributed by atoms with Crippen molar-refractivity contribution in [1.29, 1.82) is 0 Å². The molecule has 8 aromatic carbocycles. The highest BCUT2D eigenvalue weighted by Crippen LogP contribution is 2.46. The first-order valence-electron chi connectivity index (χ1n) is 15.3. The molecule has 0 radical (unpaired) electrons. The fraction of sp³-hybridized carbons (Fsp3) is 0. The van der Waals surface area contributed by atoms with Crippen LogP contribution in [0.4, 0.5) is 17.1 Å². The third-order valence-electron chi connectivity index (χ3n) is 9.24. The summed E-state index contributed by atoms with van der Waals surface area (Å²) in [5.41, 5.74) is 3.51. The van der Waals surface area contributed by atoms with Crippen LogP contribution in [0.1, 0.15) is 0 Å². The van der Waals surface area contributed by atoms with Crippen molar-refractivity contribution in [2.75, 3.05) is 4.90 Å². The summed E-state index contributed by atoms with van der Waals surface area (Å²) in [6, 6.07) is 56.1. The molecule has 0 unspecified atom stereocenters. The first-order valence-corrected chi connectivity index (χ1v) is 16.9. The summed E-state index contributed by atoms with van der Waals surface area (Å²) in [5.74, 6) is 0. The second-order valence-electron chi connectivity index (χ2n) is 11.7. The molecule has 2 heterocycles. The molecule has 0 atom stereocenters. The van der Waals surface area contributed by atoms with Crippen molar-refractivity contribution in [3.05, 3.63) is 152 Å². The number of fused-ring (bicyclic) bond motifs is 11. The molecular weight excluding hydrogens is 583 g/mol. The van der Waals surface area contributed by atoms with E-state index in [0.29, 0.717) is 0 Å². The lowest BCUT2D eigenvalue weighted by molar-refractivity contribution is 1.31. The van der Waals surface area contributed by atoms with E-state index in [2.05, 4.69) is 157 Å². The van der Waals surface area contributed by atoms with Gasteiger partial charge in [-0.2, -0.15) is 0 Å². The van der Waals surface area contributed by atoms with Crippen molar-refractivity contribution >= 4 is 112 Å². The Morgan fingerprint density at radius 2 is 0.800 bits per heavy atom. The van der Waals surface area contributed by atoms with Gasteiger partial charge in [-0.3, -0.25) is 0 Å². The van der Waals surface area contributed by atoms with Crippen molar-refractivity contribution in [2.45, 2.75) is 0 Å². The van der Waals surface area contributed by atoms with Crippen LogP contribution in [-0.2, 0) is 0 Å². The zero-order valence-electron chi connectivity index (χ0n) is 24.2. The van der Waals surface area contributed by atoms with Gasteiger partial charge in [-0.25, -0.2) is 0 Å². The summed E-state index contributed by atoms with van der Waals surface area (Å²) in [6.07, 6.45) is 0. The fourth-order valence-corrected chi connectivity index (χ4v) is 9.34. The van der Waals surface area contributed by atoms with Crippen molar-refractivity contribution in [3.63, 3.8) is 0 Å². The van der Waals surface area contributed by atoms with E-state index in [-0.39, 0.29) is 0 Å². The summed E-state index contributed by atoms with van der Waals surface area (Å²) in [4.78, 5) is 2.47. The molecule has 0 amide bonds. The molecule has 0 aliphatic carbocycles. The van der Waals surface area contributed by atoms with Gasteiger partial charge in [0.05, 0.1) is 5.69 Å². The minimum atomic E-state index is 1.16. The Kier molecular flexibility index (Phi) is 5.39. The first-order chi connectivity index (χ1) is 22.3. The van der Waals surface area contributed by atoms with Crippen LogP contribution in [0.15, 0.2) is 152 Å². The molecule has 0 saturated heterocycles. The molecule has 0 N–H and O–H groups in total. The van der Waals surface area contributed by atoms with E-state index in [1.165, 1.54) is 78.3 Å². The van der Waals surface area contributed by atoms with Gasteiger partial charge in [0.15, 0.2) is 0 Å². The predicted octanol–water partition coefficient (Wildman–Crippen LogP) is 13.4. The normalized spacial score (nSPS) is 12.0. The van der Waals surface area contributed by atoms with Gasteiger partial charge >= 0.3 is 0 Å². The molecule has 10 aromatic rings. The zero-order chi connectivity index (χ0) is 29.5. The maximum absolute atomic E-state index is 2.47. The van der Waals surface area contributed by atoms with Crippen molar-refractivity contribution < 1.29 is 0 Å². The quantitative estimate of drug-likeness (QED) is 0.181. The molecule has 2 aromatic heterocycles. The largest absolute Gasteiger partial charge is 0.310 e. The van der Waals surface area contributed by atoms with Gasteiger partial charge in [0, 0.05) is 57.1 Å². The lowest BCUT2D eigenvalue weighted by Crippen LogP contribution is -2.10. The fourth-order valence-electron chi connectivity index (χ4n) is 7.17. The molecule has 0 aliphatic heterocycles. The molecule has 0 aliphatic rings. The van der Waals surface area contributed by atoms with E-state index < -0.39 is 0 Å². The minimum absolute atomic E-state index is 1.16. The van der Waals surface area contributed by atoms with Gasteiger partial charge in [0.2, 0.25) is 0 Å². The van der Waals surface area contributed by atoms with E-state index in [1.807, 2.05) is 22.7 Å². The maximum atomic E-state index is 2.47. The second-order valence-corrected chi connectivity index (χ2v) is 13.9. The summed E-state index contributed by atoms with van der Waals surface area (Å²) in [5, 5.41) is 12.9. The van der Waals surface area contributed by atoms with E-state index in [4.69, 9.17) is 0 Å². The average molecular weight is 608 g/mol. The molecule has 45 heavy (non-hydrogen) atoms. The Hall–Kier alpha value is -5.22. The van der Waals surface area contributed by atoms with Crippen molar-refractivity contribution in [2.24, 2.45) is 0 Å². The SMILES string of the molecule is c1ccc2c(c1)ccc1c3cccc(N(c4ccc5sc6ccccc6c5c4)c4ccc5sc6ccccc6c5c4)c3ccc21. The molecule has 210 valence electrons. The summed E-state index contributed by atoms with van der Waals surface area (Å²) < 4.78 is 5.28. The maximum Gasteiger partial charge on any atom is 0.0540 e. The lowest BCUT2D eigenvalue weighted by Gasteiger charge is -2.27. The van der Waals surface area contributed by atoms with Crippen LogP contribution in [0.25, 0.3) is 72.7 Å². The third kappa shape index (κ3) is 3.78. The van der Waals surface area contributed by atoms with Gasteiger partial charge in [-0.15, -0.1) is 22.7 Å². The number of nitrogens with zero attached hydrogens (tertiary/aromatic N) is 1. The highest BCUT2D eigenvalue weighted by molar-refractivity contribution is 7.26. The van der Waals surface area contributed by atoms with Crippen LogP contribution in [-0.4, -0.2) is 0 Å². The monoisotopic (exact) mass is 607 g/mol. The molecule has 0 fully saturated rings. The highest BCUT2D eigenvalue weighted by Gasteiger charge is 2.19. The molecule has 1 nitrogen and oxygen atoms in total. The van der Waals surface area contributed by atoms with Crippen molar-refractivity contribution in [3.8, 4) is 0 Å². The van der Waals surface area contributed by atoms with Crippen molar-refractivity contribution in [1.82, 2.24) is 0 Å². The van der Waals surface area contributed by atoms with Gasteiger partial charge < -0.3 is 4.90 Å². The minimum Gasteiger partial charge on any atom is -0.310 e. The van der Waals surface area contributed by atoms with E-state index >= 15 is 0 Å². The summed E-state index contributed by atoms with van der Waals surface area (Å²) in [7, 11) is 0. The Bertz CT molecular complexity index is 2670. The first kappa shape index (κ1) is 25.1. The Morgan fingerprint density at radius 1 is 0.311 bits per heavy atom. The smallest absolute Gasteiger partial charge is 0.0540 e. The number of rotatable bonds is 3. The predicted molar refractivity (Wildman–Crippen MR) is 199 cm³/mol. The summed E-state index contributed by atoms with van der Waals surface area (Å²) in [6.45, 7) is 0. The molecular formula is C42H25NS2. The van der Waals surface area contributed by atoms with Gasteiger partial charge in [0.25, 0.3) is 0 Å². The van der Waals surface area contributed by atoms with Crippen LogP contribution >= 0.6 is 22.7 Å². The molecule has 0 bridgehead atoms. The number of anilines is 3. The molecule has 3 heteroatoms. The van der Waals surface area contributed by atoms with E-state index in [1.54, 1.807) is 0 Å². The van der Waals surface area contributed by atoms with Gasteiger partial charge in [-0.05, 0) is 81.5 Å². The molecule has 0 spiro atoms. The van der Waals surface area contributed by atoms with Crippen LogP contribution in [0.2, 0.25) is 0 Å². The number of hydrogen-bond acceptors (Lipinski definition) is 3. The molecule has 10 rings (SSSR count). The Labute approximate surface area is 267 Å². The highest BCUT2D eigenvalue weighted by atomic mass is 32.1. The van der Waals surface area contributed by atoms with Crippen LogP contribution in [0.5, 0.6) is 0 Å². The number of thiophene rings is 2. The average Bonchev–Trinajstić information content (AvgIpc) is 3.66. The molecule has 0 saturated carbocycles. The van der Waals surface area contributed by atoms with Crippen LogP contribution < -0.4 is 4.90 Å². The zero-order valence-corrected chi connectivity index (χ0v) is 25.8. The van der Waals surface area contributed by atoms with Gasteiger partial charge in [0.1, 0.15) is 0 Å². The lowest BCUT2D eigenvalue weighted by atomic mass is 9.96. The van der Waals surface area contributed by atoms with Crippen LogP contribution in [0, 0.1) is 0 Å².